The van der Waals surface area contributed by atoms with Crippen LogP contribution >= 0.6 is 11.6 Å². The molecule has 0 saturated heterocycles. The number of ketones is 1. The van der Waals surface area contributed by atoms with Crippen LogP contribution in [-0.4, -0.2) is 12.4 Å². The molecule has 18 heavy (non-hydrogen) atoms. The zero-order chi connectivity index (χ0) is 14.1. The van der Waals surface area contributed by atoms with Crippen LogP contribution in [0.4, 0.5) is 22.0 Å². The maximum absolute atomic E-state index is 12.6. The molecule has 0 fully saturated rings. The molecule has 0 bridgehead atoms. The molecule has 0 heterocycles. The molecule has 0 aromatic heterocycles. The largest absolute Gasteiger partial charge is 0.433 e. The van der Waals surface area contributed by atoms with E-state index < -0.39 is 35.4 Å². The standard InChI is InChI=1S/C10H6ClF5O2/c1-4(17)7-6(11)3-2-5(10(14,15)16)8(7)18-9(12)13/h2-3,9H,1H3. The van der Waals surface area contributed by atoms with Gasteiger partial charge in [-0.3, -0.25) is 4.79 Å². The van der Waals surface area contributed by atoms with Crippen molar-refractivity contribution < 1.29 is 31.5 Å². The van der Waals surface area contributed by atoms with Gasteiger partial charge in [0.05, 0.1) is 16.1 Å². The lowest BCUT2D eigenvalue weighted by molar-refractivity contribution is -0.141. The summed E-state index contributed by atoms with van der Waals surface area (Å²) in [6.45, 7) is -2.60. The van der Waals surface area contributed by atoms with Crippen molar-refractivity contribution in [2.75, 3.05) is 0 Å². The fourth-order valence-corrected chi connectivity index (χ4v) is 1.60. The normalized spacial score (nSPS) is 11.8. The first kappa shape index (κ1) is 14.7. The van der Waals surface area contributed by atoms with Gasteiger partial charge in [0.25, 0.3) is 0 Å². The minimum atomic E-state index is -4.93. The second-order valence-electron chi connectivity index (χ2n) is 3.23. The molecular weight excluding hydrogens is 283 g/mol. The van der Waals surface area contributed by atoms with Crippen molar-refractivity contribution in [2.24, 2.45) is 0 Å². The summed E-state index contributed by atoms with van der Waals surface area (Å²) < 4.78 is 65.8. The number of rotatable bonds is 3. The number of carbonyl (C=O) groups excluding carboxylic acids is 1. The zero-order valence-corrected chi connectivity index (χ0v) is 9.57. The second kappa shape index (κ2) is 5.09. The molecule has 0 aliphatic carbocycles. The molecule has 0 amide bonds. The molecule has 100 valence electrons. The van der Waals surface area contributed by atoms with Crippen LogP contribution in [0.2, 0.25) is 5.02 Å². The van der Waals surface area contributed by atoms with Crippen LogP contribution in [0, 0.1) is 0 Å². The Kier molecular flexibility index (Phi) is 4.16. The first-order valence-corrected chi connectivity index (χ1v) is 4.87. The van der Waals surface area contributed by atoms with E-state index in [0.717, 1.165) is 13.0 Å². The van der Waals surface area contributed by atoms with Crippen molar-refractivity contribution in [2.45, 2.75) is 19.7 Å². The molecule has 0 saturated carbocycles. The Morgan fingerprint density at radius 1 is 1.33 bits per heavy atom. The van der Waals surface area contributed by atoms with Crippen LogP contribution < -0.4 is 4.74 Å². The van der Waals surface area contributed by atoms with Gasteiger partial charge in [-0.1, -0.05) is 11.6 Å². The monoisotopic (exact) mass is 288 g/mol. The Morgan fingerprint density at radius 2 is 1.89 bits per heavy atom. The quantitative estimate of drug-likeness (QED) is 0.616. The van der Waals surface area contributed by atoms with Gasteiger partial charge in [0.2, 0.25) is 0 Å². The highest BCUT2D eigenvalue weighted by atomic mass is 35.5. The average Bonchev–Trinajstić information content (AvgIpc) is 2.13. The third kappa shape index (κ3) is 3.10. The van der Waals surface area contributed by atoms with Crippen LogP contribution in [0.15, 0.2) is 12.1 Å². The molecule has 0 aliphatic rings. The Balaban J connectivity index is 3.54. The minimum Gasteiger partial charge on any atom is -0.433 e. The van der Waals surface area contributed by atoms with E-state index in [9.17, 15) is 26.7 Å². The predicted octanol–water partition coefficient (Wildman–Crippen LogP) is 4.16. The number of benzene rings is 1. The molecule has 0 N–H and O–H groups in total. The summed E-state index contributed by atoms with van der Waals surface area (Å²) in [5, 5.41) is -0.383. The SMILES string of the molecule is CC(=O)c1c(Cl)ccc(C(F)(F)F)c1OC(F)F. The number of hydrogen-bond acceptors (Lipinski definition) is 2. The van der Waals surface area contributed by atoms with Gasteiger partial charge in [0.1, 0.15) is 0 Å². The van der Waals surface area contributed by atoms with E-state index in [2.05, 4.69) is 4.74 Å². The van der Waals surface area contributed by atoms with Crippen molar-refractivity contribution in [1.82, 2.24) is 0 Å². The van der Waals surface area contributed by atoms with Crippen molar-refractivity contribution >= 4 is 17.4 Å². The number of hydrogen-bond donors (Lipinski definition) is 0. The minimum absolute atomic E-state index is 0.383. The molecule has 1 aromatic carbocycles. The molecule has 0 atom stereocenters. The predicted molar refractivity (Wildman–Crippen MR) is 53.1 cm³/mol. The van der Waals surface area contributed by atoms with Crippen molar-refractivity contribution in [3.8, 4) is 5.75 Å². The van der Waals surface area contributed by atoms with E-state index >= 15 is 0 Å². The smallest absolute Gasteiger partial charge is 0.419 e. The Morgan fingerprint density at radius 3 is 2.28 bits per heavy atom. The van der Waals surface area contributed by atoms with Crippen LogP contribution in [0.3, 0.4) is 0 Å². The molecule has 8 heteroatoms. The van der Waals surface area contributed by atoms with Crippen molar-refractivity contribution in [3.63, 3.8) is 0 Å². The van der Waals surface area contributed by atoms with Gasteiger partial charge in [-0.15, -0.1) is 0 Å². The summed E-state index contributed by atoms with van der Waals surface area (Å²) in [6.07, 6.45) is -4.93. The number of ether oxygens (including phenoxy) is 1. The second-order valence-corrected chi connectivity index (χ2v) is 3.64. The molecular formula is C10H6ClF5O2. The van der Waals surface area contributed by atoms with Crippen LogP contribution in [-0.2, 0) is 6.18 Å². The first-order chi connectivity index (χ1) is 8.14. The lowest BCUT2D eigenvalue weighted by Gasteiger charge is -2.16. The lowest BCUT2D eigenvalue weighted by Crippen LogP contribution is -2.15. The molecule has 2 nitrogen and oxygen atoms in total. The third-order valence-electron chi connectivity index (χ3n) is 1.97. The van der Waals surface area contributed by atoms with E-state index in [-0.39, 0.29) is 5.02 Å². The molecule has 0 unspecified atom stereocenters. The van der Waals surface area contributed by atoms with E-state index in [1.807, 2.05) is 0 Å². The van der Waals surface area contributed by atoms with Gasteiger partial charge in [-0.2, -0.15) is 22.0 Å². The maximum atomic E-state index is 12.6. The third-order valence-corrected chi connectivity index (χ3v) is 2.29. The number of alkyl halides is 5. The van der Waals surface area contributed by atoms with Gasteiger partial charge in [0.15, 0.2) is 11.5 Å². The molecule has 0 aliphatic heterocycles. The van der Waals surface area contributed by atoms with E-state index in [0.29, 0.717) is 6.07 Å². The Labute approximate surface area is 103 Å². The summed E-state index contributed by atoms with van der Waals surface area (Å²) in [5.41, 5.74) is -2.19. The summed E-state index contributed by atoms with van der Waals surface area (Å²) >= 11 is 5.52. The molecule has 0 spiro atoms. The summed E-state index contributed by atoms with van der Waals surface area (Å²) in [4.78, 5) is 11.2. The van der Waals surface area contributed by atoms with Crippen molar-refractivity contribution in [1.29, 1.82) is 0 Å². The first-order valence-electron chi connectivity index (χ1n) is 4.50. The molecule has 1 rings (SSSR count). The van der Waals surface area contributed by atoms with Gasteiger partial charge >= 0.3 is 12.8 Å². The topological polar surface area (TPSA) is 26.3 Å². The fourth-order valence-electron chi connectivity index (χ4n) is 1.32. The van der Waals surface area contributed by atoms with Crippen LogP contribution in [0.1, 0.15) is 22.8 Å². The number of Topliss-reactive ketones (excluding diaryl/α,β-unsaturated/α-hetero) is 1. The van der Waals surface area contributed by atoms with Gasteiger partial charge in [-0.25, -0.2) is 0 Å². The van der Waals surface area contributed by atoms with Crippen molar-refractivity contribution in [3.05, 3.63) is 28.3 Å². The van der Waals surface area contributed by atoms with E-state index in [1.54, 1.807) is 0 Å². The number of halogens is 6. The summed E-state index contributed by atoms with van der Waals surface area (Å²) in [7, 11) is 0. The summed E-state index contributed by atoms with van der Waals surface area (Å²) in [5.74, 6) is -2.15. The Bertz CT molecular complexity index is 470. The summed E-state index contributed by atoms with van der Waals surface area (Å²) in [6, 6.07) is 1.28. The number of carbonyl (C=O) groups is 1. The molecule has 1 aromatic rings. The van der Waals surface area contributed by atoms with Gasteiger partial charge < -0.3 is 4.74 Å². The highest BCUT2D eigenvalue weighted by Crippen LogP contribution is 2.41. The highest BCUT2D eigenvalue weighted by molar-refractivity contribution is 6.34. The van der Waals surface area contributed by atoms with E-state index in [4.69, 9.17) is 11.6 Å². The zero-order valence-electron chi connectivity index (χ0n) is 8.82. The van der Waals surface area contributed by atoms with Crippen LogP contribution in [0.5, 0.6) is 5.75 Å². The molecule has 0 radical (unpaired) electrons. The average molecular weight is 289 g/mol. The highest BCUT2D eigenvalue weighted by Gasteiger charge is 2.37. The van der Waals surface area contributed by atoms with E-state index in [1.165, 1.54) is 0 Å². The Hall–Kier alpha value is -1.37. The lowest BCUT2D eigenvalue weighted by atomic mass is 10.1. The fraction of sp³-hybridized carbons (Fsp3) is 0.300. The maximum Gasteiger partial charge on any atom is 0.419 e. The van der Waals surface area contributed by atoms with Gasteiger partial charge in [-0.05, 0) is 19.1 Å². The van der Waals surface area contributed by atoms with Gasteiger partial charge in [0, 0.05) is 0 Å². The van der Waals surface area contributed by atoms with Crippen LogP contribution in [0.25, 0.3) is 0 Å².